The molecule has 0 bridgehead atoms. The smallest absolute Gasteiger partial charge is 0.407 e. The highest BCUT2D eigenvalue weighted by atomic mass is 35.5. The molecule has 9 heteroatoms. The maximum atomic E-state index is 13.3. The minimum atomic E-state index is -3.80. The second-order valence-electron chi connectivity index (χ2n) is 5.80. The van der Waals surface area contributed by atoms with Gasteiger partial charge in [0, 0.05) is 29.2 Å². The van der Waals surface area contributed by atoms with Crippen LogP contribution in [0, 0.1) is 6.92 Å². The fourth-order valence-electron chi connectivity index (χ4n) is 2.65. The number of alkyl carbamates (subject to hydrolysis) is 1. The molecule has 146 valence electrons. The molecule has 28 heavy (non-hydrogen) atoms. The summed E-state index contributed by atoms with van der Waals surface area (Å²) in [6.07, 6.45) is 0.940. The molecule has 0 atom stereocenters. The second-order valence-corrected chi connectivity index (χ2v) is 9.41. The molecule has 1 N–H and O–H groups in total. The fraction of sp³-hybridized carbons (Fsp3) is 0.158. The number of carbonyl (C=O) groups excluding carboxylic acids is 1. The number of ether oxygens (including phenoxy) is 1. The van der Waals surface area contributed by atoms with Crippen LogP contribution in [0.25, 0.3) is 11.1 Å². The van der Waals surface area contributed by atoms with Gasteiger partial charge in [-0.3, -0.25) is 0 Å². The molecule has 6 nitrogen and oxygen atoms in total. The van der Waals surface area contributed by atoms with E-state index in [0.717, 1.165) is 11.3 Å². The lowest BCUT2D eigenvalue weighted by Crippen LogP contribution is -2.18. The van der Waals surface area contributed by atoms with Crippen molar-refractivity contribution in [1.29, 1.82) is 0 Å². The van der Waals surface area contributed by atoms with Crippen LogP contribution in [0.15, 0.2) is 57.8 Å². The first-order chi connectivity index (χ1) is 13.4. The topological polar surface area (TPSA) is 85.4 Å². The van der Waals surface area contributed by atoms with E-state index in [9.17, 15) is 13.2 Å². The Kier molecular flexibility index (Phi) is 6.02. The molecule has 3 rings (SSSR count). The van der Waals surface area contributed by atoms with Crippen molar-refractivity contribution in [3.05, 3.63) is 64.3 Å². The van der Waals surface area contributed by atoms with Crippen molar-refractivity contribution >= 4 is 38.9 Å². The number of amides is 1. The zero-order valence-electron chi connectivity index (χ0n) is 15.1. The summed E-state index contributed by atoms with van der Waals surface area (Å²) in [4.78, 5) is 16.3. The molecule has 1 amide bonds. The summed E-state index contributed by atoms with van der Waals surface area (Å²) in [6, 6.07) is 11.6. The minimum absolute atomic E-state index is 0.0502. The molecule has 2 aromatic heterocycles. The molecule has 0 aliphatic carbocycles. The second kappa shape index (κ2) is 8.30. The lowest BCUT2D eigenvalue weighted by Gasteiger charge is -2.09. The van der Waals surface area contributed by atoms with Gasteiger partial charge in [0.25, 0.3) is 0 Å². The lowest BCUT2D eigenvalue weighted by atomic mass is 10.1. The van der Waals surface area contributed by atoms with Crippen LogP contribution in [0.2, 0.25) is 5.15 Å². The molecular formula is C19H17ClN2O4S2. The van der Waals surface area contributed by atoms with Gasteiger partial charge in [-0.05, 0) is 36.8 Å². The quantitative estimate of drug-likeness (QED) is 0.597. The van der Waals surface area contributed by atoms with Crippen molar-refractivity contribution in [1.82, 2.24) is 10.3 Å². The van der Waals surface area contributed by atoms with Crippen molar-refractivity contribution in [2.75, 3.05) is 7.05 Å². The Morgan fingerprint density at radius 2 is 1.93 bits per heavy atom. The summed E-state index contributed by atoms with van der Waals surface area (Å²) in [5.41, 5.74) is 1.67. The third-order valence-electron chi connectivity index (χ3n) is 4.08. The number of carbonyl (C=O) groups is 1. The number of benzene rings is 1. The van der Waals surface area contributed by atoms with E-state index in [1.54, 1.807) is 49.4 Å². The highest BCUT2D eigenvalue weighted by Crippen LogP contribution is 2.43. The van der Waals surface area contributed by atoms with Crippen molar-refractivity contribution in [2.24, 2.45) is 0 Å². The number of sulfone groups is 1. The molecular weight excluding hydrogens is 420 g/mol. The van der Waals surface area contributed by atoms with Crippen molar-refractivity contribution < 1.29 is 17.9 Å². The Bertz CT molecular complexity index is 1110. The van der Waals surface area contributed by atoms with Gasteiger partial charge in [0.2, 0.25) is 9.84 Å². The van der Waals surface area contributed by atoms with E-state index >= 15 is 0 Å². The summed E-state index contributed by atoms with van der Waals surface area (Å²) in [6.45, 7) is 1.73. The standard InChI is InChI=1S/C19H17ClN2O4S2/c1-12-15(11-26-19(23)21-2)27-18(16(12)14-9-6-10-22-17(14)20)28(24,25)13-7-4-3-5-8-13/h3-10H,11H2,1-2H3,(H,21,23). The molecule has 0 aliphatic heterocycles. The monoisotopic (exact) mass is 436 g/mol. The van der Waals surface area contributed by atoms with Gasteiger partial charge in [0.15, 0.2) is 0 Å². The number of thiophene rings is 1. The summed E-state index contributed by atoms with van der Waals surface area (Å²) in [7, 11) is -2.35. The first-order valence-electron chi connectivity index (χ1n) is 8.24. The summed E-state index contributed by atoms with van der Waals surface area (Å²) < 4.78 is 31.9. The number of hydrogen-bond acceptors (Lipinski definition) is 6. The van der Waals surface area contributed by atoms with Gasteiger partial charge < -0.3 is 10.1 Å². The predicted octanol–water partition coefficient (Wildman–Crippen LogP) is 4.46. The number of pyridine rings is 1. The van der Waals surface area contributed by atoms with E-state index in [-0.39, 0.29) is 20.9 Å². The van der Waals surface area contributed by atoms with E-state index < -0.39 is 15.9 Å². The van der Waals surface area contributed by atoms with Gasteiger partial charge >= 0.3 is 6.09 Å². The zero-order valence-corrected chi connectivity index (χ0v) is 17.5. The first kappa shape index (κ1) is 20.3. The molecule has 0 unspecified atom stereocenters. The highest BCUT2D eigenvalue weighted by Gasteiger charge is 2.29. The van der Waals surface area contributed by atoms with E-state index in [0.29, 0.717) is 21.6 Å². The predicted molar refractivity (Wildman–Crippen MR) is 108 cm³/mol. The summed E-state index contributed by atoms with van der Waals surface area (Å²) in [5.74, 6) is 0. The molecule has 0 saturated carbocycles. The van der Waals surface area contributed by atoms with Crippen LogP contribution >= 0.6 is 22.9 Å². The van der Waals surface area contributed by atoms with Crippen LogP contribution in [0.4, 0.5) is 4.79 Å². The van der Waals surface area contributed by atoms with E-state index in [4.69, 9.17) is 16.3 Å². The Balaban J connectivity index is 2.21. The molecule has 0 radical (unpaired) electrons. The van der Waals surface area contributed by atoms with E-state index in [2.05, 4.69) is 10.3 Å². The molecule has 0 saturated heterocycles. The van der Waals surface area contributed by atoms with Crippen LogP contribution in [0.5, 0.6) is 0 Å². The Labute approximate surface area is 172 Å². The Hall–Kier alpha value is -2.42. The van der Waals surface area contributed by atoms with Gasteiger partial charge in [-0.25, -0.2) is 18.2 Å². The maximum absolute atomic E-state index is 13.3. The van der Waals surface area contributed by atoms with Crippen LogP contribution in [-0.2, 0) is 21.2 Å². The molecule has 0 fully saturated rings. The van der Waals surface area contributed by atoms with E-state index in [1.165, 1.54) is 13.2 Å². The van der Waals surface area contributed by atoms with Crippen LogP contribution in [0.3, 0.4) is 0 Å². The third kappa shape index (κ3) is 3.89. The minimum Gasteiger partial charge on any atom is -0.444 e. The first-order valence-corrected chi connectivity index (χ1v) is 10.9. The number of aromatic nitrogens is 1. The molecule has 2 heterocycles. The SMILES string of the molecule is CNC(=O)OCc1sc(S(=O)(=O)c2ccccc2)c(-c2cccnc2Cl)c1C. The van der Waals surface area contributed by atoms with Crippen molar-refractivity contribution in [3.8, 4) is 11.1 Å². The number of hydrogen-bond donors (Lipinski definition) is 1. The average Bonchev–Trinajstić information content (AvgIpc) is 3.04. The molecule has 1 aromatic carbocycles. The number of rotatable bonds is 5. The van der Waals surface area contributed by atoms with Gasteiger partial charge in [0.05, 0.1) is 4.90 Å². The van der Waals surface area contributed by atoms with Crippen LogP contribution in [0.1, 0.15) is 10.4 Å². The molecule has 3 aromatic rings. The highest BCUT2D eigenvalue weighted by molar-refractivity contribution is 7.93. The Morgan fingerprint density at radius 1 is 1.21 bits per heavy atom. The fourth-order valence-corrected chi connectivity index (χ4v) is 6.12. The van der Waals surface area contributed by atoms with Gasteiger partial charge in [-0.2, -0.15) is 0 Å². The number of halogens is 1. The van der Waals surface area contributed by atoms with Gasteiger partial charge in [-0.1, -0.05) is 29.8 Å². The average molecular weight is 437 g/mol. The zero-order chi connectivity index (χ0) is 20.3. The number of nitrogens with zero attached hydrogens (tertiary/aromatic N) is 1. The molecule has 0 aliphatic rings. The third-order valence-corrected chi connectivity index (χ3v) is 7.93. The largest absolute Gasteiger partial charge is 0.444 e. The number of nitrogens with one attached hydrogen (secondary N) is 1. The van der Waals surface area contributed by atoms with Crippen LogP contribution < -0.4 is 5.32 Å². The maximum Gasteiger partial charge on any atom is 0.407 e. The molecule has 0 spiro atoms. The normalized spacial score (nSPS) is 11.2. The van der Waals surface area contributed by atoms with E-state index in [1.807, 2.05) is 0 Å². The Morgan fingerprint density at radius 3 is 2.57 bits per heavy atom. The van der Waals surface area contributed by atoms with Crippen molar-refractivity contribution in [3.63, 3.8) is 0 Å². The summed E-state index contributed by atoms with van der Waals surface area (Å²) in [5, 5.41) is 2.57. The van der Waals surface area contributed by atoms with Gasteiger partial charge in [-0.15, -0.1) is 11.3 Å². The summed E-state index contributed by atoms with van der Waals surface area (Å²) >= 11 is 7.33. The van der Waals surface area contributed by atoms with Gasteiger partial charge in [0.1, 0.15) is 16.0 Å². The van der Waals surface area contributed by atoms with Crippen LogP contribution in [-0.4, -0.2) is 26.5 Å². The van der Waals surface area contributed by atoms with Crippen molar-refractivity contribution in [2.45, 2.75) is 22.6 Å². The lowest BCUT2D eigenvalue weighted by molar-refractivity contribution is 0.143.